The summed E-state index contributed by atoms with van der Waals surface area (Å²) >= 11 is 0. The molecule has 0 bridgehead atoms. The first-order valence-corrected chi connectivity index (χ1v) is 2.01. The molecule has 0 rings (SSSR count). The van der Waals surface area contributed by atoms with Crippen molar-refractivity contribution in [2.75, 3.05) is 20.8 Å². The summed E-state index contributed by atoms with van der Waals surface area (Å²) in [5.41, 5.74) is 4.57. The Hall–Kier alpha value is -0.610. The van der Waals surface area contributed by atoms with Crippen molar-refractivity contribution in [1.29, 1.82) is 0 Å². The van der Waals surface area contributed by atoms with Gasteiger partial charge >= 0.3 is 5.97 Å². The number of ether oxygens (including phenoxy) is 1. The number of methoxy groups -OCH3 is 1. The highest BCUT2D eigenvalue weighted by Gasteiger charge is 1.81. The lowest BCUT2D eigenvalue weighted by Crippen LogP contribution is -2.10. The molecule has 3 N–H and O–H groups in total. The van der Waals surface area contributed by atoms with Crippen molar-refractivity contribution in [3.05, 3.63) is 0 Å². The second kappa shape index (κ2) is 9.63. The second-order valence-corrected chi connectivity index (χ2v) is 1.01. The standard InChI is InChI=1S/C2H5NO2.C2H6O/c3-1-2(4)5;1-3-2/h1,3H2,(H,4,5);1-2H3. The SMILES string of the molecule is COC.NCC(=O)O. The molecule has 0 saturated heterocycles. The Morgan fingerprint density at radius 3 is 1.88 bits per heavy atom. The molecule has 0 aromatic heterocycles. The van der Waals surface area contributed by atoms with Crippen molar-refractivity contribution in [2.24, 2.45) is 5.73 Å². The molecule has 0 amide bonds. The molecular weight excluding hydrogens is 110 g/mol. The van der Waals surface area contributed by atoms with Gasteiger partial charge in [-0.2, -0.15) is 0 Å². The molecule has 4 nitrogen and oxygen atoms in total. The molecule has 0 radical (unpaired) electrons. The molecule has 0 atom stereocenters. The topological polar surface area (TPSA) is 72.5 Å². The van der Waals surface area contributed by atoms with Gasteiger partial charge in [0.2, 0.25) is 0 Å². The largest absolute Gasteiger partial charge is 0.480 e. The molecule has 4 heteroatoms. The number of carboxylic acid groups (broad SMARTS) is 1. The van der Waals surface area contributed by atoms with Gasteiger partial charge in [-0.25, -0.2) is 0 Å². The van der Waals surface area contributed by atoms with Crippen LogP contribution in [0.4, 0.5) is 0 Å². The van der Waals surface area contributed by atoms with Crippen molar-refractivity contribution in [1.82, 2.24) is 0 Å². The molecule has 0 saturated carbocycles. The minimum atomic E-state index is -0.968. The number of hydrogen-bond acceptors (Lipinski definition) is 3. The zero-order valence-corrected chi connectivity index (χ0v) is 5.05. The summed E-state index contributed by atoms with van der Waals surface area (Å²) in [5, 5.41) is 7.60. The molecule has 50 valence electrons. The third kappa shape index (κ3) is 53.8. The lowest BCUT2D eigenvalue weighted by atomic mass is 10.7. The van der Waals surface area contributed by atoms with Crippen LogP contribution in [0.5, 0.6) is 0 Å². The van der Waals surface area contributed by atoms with Gasteiger partial charge in [0, 0.05) is 14.2 Å². The summed E-state index contributed by atoms with van der Waals surface area (Å²) in [5.74, 6) is -0.968. The van der Waals surface area contributed by atoms with Gasteiger partial charge in [0.05, 0.1) is 6.54 Å². The average molecular weight is 121 g/mol. The van der Waals surface area contributed by atoms with Crippen LogP contribution in [0.2, 0.25) is 0 Å². The van der Waals surface area contributed by atoms with E-state index in [9.17, 15) is 4.79 Å². The van der Waals surface area contributed by atoms with E-state index in [4.69, 9.17) is 5.11 Å². The van der Waals surface area contributed by atoms with E-state index in [0.29, 0.717) is 0 Å². The third-order valence-electron chi connectivity index (χ3n) is 0.175. The summed E-state index contributed by atoms with van der Waals surface area (Å²) in [7, 11) is 3.25. The monoisotopic (exact) mass is 121 g/mol. The van der Waals surface area contributed by atoms with E-state index in [1.165, 1.54) is 0 Å². The van der Waals surface area contributed by atoms with Gasteiger partial charge in [0.25, 0.3) is 0 Å². The number of nitrogens with two attached hydrogens (primary N) is 1. The van der Waals surface area contributed by atoms with Crippen molar-refractivity contribution >= 4 is 5.97 Å². The van der Waals surface area contributed by atoms with Crippen molar-refractivity contribution < 1.29 is 14.6 Å². The highest BCUT2D eigenvalue weighted by molar-refractivity contribution is 5.68. The lowest BCUT2D eigenvalue weighted by Gasteiger charge is -1.73. The first-order valence-electron chi connectivity index (χ1n) is 2.01. The maximum Gasteiger partial charge on any atom is 0.317 e. The van der Waals surface area contributed by atoms with Gasteiger partial charge in [0.15, 0.2) is 0 Å². The summed E-state index contributed by atoms with van der Waals surface area (Å²) in [6.45, 7) is -0.278. The average Bonchev–Trinajstić information content (AvgIpc) is 1.69. The zero-order chi connectivity index (χ0) is 6.99. The van der Waals surface area contributed by atoms with Crippen LogP contribution in [0.1, 0.15) is 0 Å². The summed E-state index contributed by atoms with van der Waals surface area (Å²) < 4.78 is 4.25. The number of rotatable bonds is 1. The molecule has 0 aromatic carbocycles. The normalized spacial score (nSPS) is 6.88. The first kappa shape index (κ1) is 10.4. The maximum absolute atomic E-state index is 9.24. The van der Waals surface area contributed by atoms with Crippen LogP contribution in [-0.2, 0) is 9.53 Å². The van der Waals surface area contributed by atoms with Crippen molar-refractivity contribution in [3.63, 3.8) is 0 Å². The summed E-state index contributed by atoms with van der Waals surface area (Å²) in [6, 6.07) is 0. The van der Waals surface area contributed by atoms with E-state index in [1.54, 1.807) is 14.2 Å². The molecule has 0 aromatic rings. The minimum Gasteiger partial charge on any atom is -0.480 e. The molecule has 0 aliphatic heterocycles. The van der Waals surface area contributed by atoms with Crippen LogP contribution in [0.3, 0.4) is 0 Å². The van der Waals surface area contributed by atoms with Gasteiger partial charge in [-0.1, -0.05) is 0 Å². The predicted octanol–water partition coefficient (Wildman–Crippen LogP) is -0.708. The van der Waals surface area contributed by atoms with E-state index in [-0.39, 0.29) is 6.54 Å². The number of hydrogen-bond donors (Lipinski definition) is 2. The smallest absolute Gasteiger partial charge is 0.317 e. The quantitative estimate of drug-likeness (QED) is 0.480. The molecular formula is C4H11NO3. The minimum absolute atomic E-state index is 0.278. The highest BCUT2D eigenvalue weighted by Crippen LogP contribution is 1.43. The van der Waals surface area contributed by atoms with Gasteiger partial charge in [0.1, 0.15) is 0 Å². The molecule has 0 aliphatic rings. The van der Waals surface area contributed by atoms with E-state index in [2.05, 4.69) is 10.5 Å². The molecule has 8 heavy (non-hydrogen) atoms. The van der Waals surface area contributed by atoms with Crippen LogP contribution < -0.4 is 5.73 Å². The van der Waals surface area contributed by atoms with E-state index < -0.39 is 5.97 Å². The Kier molecular flexibility index (Phi) is 12.5. The number of carboxylic acids is 1. The Balaban J connectivity index is 0. The predicted molar refractivity (Wildman–Crippen MR) is 29.6 cm³/mol. The van der Waals surface area contributed by atoms with Crippen LogP contribution in [0, 0.1) is 0 Å². The number of aliphatic carboxylic acids is 1. The van der Waals surface area contributed by atoms with Crippen LogP contribution in [0.25, 0.3) is 0 Å². The second-order valence-electron chi connectivity index (χ2n) is 1.01. The Bertz CT molecular complexity index is 55.2. The maximum atomic E-state index is 9.24. The molecule has 0 heterocycles. The van der Waals surface area contributed by atoms with E-state index >= 15 is 0 Å². The molecule has 0 spiro atoms. The van der Waals surface area contributed by atoms with E-state index in [1.807, 2.05) is 0 Å². The molecule has 0 fully saturated rings. The van der Waals surface area contributed by atoms with Crippen molar-refractivity contribution in [3.8, 4) is 0 Å². The third-order valence-corrected chi connectivity index (χ3v) is 0.175. The van der Waals surface area contributed by atoms with Crippen molar-refractivity contribution in [2.45, 2.75) is 0 Å². The van der Waals surface area contributed by atoms with E-state index in [0.717, 1.165) is 0 Å². The number of carbonyl (C=O) groups is 1. The van der Waals surface area contributed by atoms with Crippen LogP contribution in [-0.4, -0.2) is 31.8 Å². The van der Waals surface area contributed by atoms with Gasteiger partial charge in [-0.15, -0.1) is 0 Å². The Labute approximate surface area is 48.2 Å². The fourth-order valence-electron chi connectivity index (χ4n) is 0. The lowest BCUT2D eigenvalue weighted by molar-refractivity contribution is -0.135. The van der Waals surface area contributed by atoms with Gasteiger partial charge in [-0.05, 0) is 0 Å². The molecule has 0 aliphatic carbocycles. The zero-order valence-electron chi connectivity index (χ0n) is 5.05. The fourth-order valence-corrected chi connectivity index (χ4v) is 0. The fraction of sp³-hybridized carbons (Fsp3) is 0.750. The Morgan fingerprint density at radius 2 is 1.88 bits per heavy atom. The first-order chi connectivity index (χ1) is 3.68. The summed E-state index contributed by atoms with van der Waals surface area (Å²) in [6.07, 6.45) is 0. The van der Waals surface area contributed by atoms with Gasteiger partial charge < -0.3 is 15.6 Å². The highest BCUT2D eigenvalue weighted by atomic mass is 16.4. The van der Waals surface area contributed by atoms with Crippen LogP contribution in [0.15, 0.2) is 0 Å². The Morgan fingerprint density at radius 1 is 1.75 bits per heavy atom. The summed E-state index contributed by atoms with van der Waals surface area (Å²) in [4.78, 5) is 9.24. The van der Waals surface area contributed by atoms with Crippen LogP contribution >= 0.6 is 0 Å². The molecule has 0 unspecified atom stereocenters. The van der Waals surface area contributed by atoms with Gasteiger partial charge in [-0.3, -0.25) is 4.79 Å².